The number of methoxy groups -OCH3 is 1. The molecule has 5 N–H and O–H groups in total. The molecule has 18 atom stereocenters. The van der Waals surface area contributed by atoms with E-state index in [4.69, 9.17) is 28.4 Å². The van der Waals surface area contributed by atoms with Crippen LogP contribution in [0.3, 0.4) is 0 Å². The number of carbonyl (C=O) groups excluding carboxylic acids is 2. The van der Waals surface area contributed by atoms with E-state index in [1.165, 1.54) is 35.5 Å². The van der Waals surface area contributed by atoms with Gasteiger partial charge in [0.25, 0.3) is 0 Å². The number of nitrogens with zero attached hydrogens (tertiary/aromatic N) is 2. The number of aliphatic hydroxyl groups is 5. The first-order chi connectivity index (χ1) is 40.3. The number of hydrogen-bond donors (Lipinski definition) is 5. The number of benzene rings is 3. The molecule has 0 aliphatic carbocycles. The second-order valence-corrected chi connectivity index (χ2v) is 30.1. The SMILES string of the molecule is CC[C@H]1OC(=O)[C@H](C)[C@@H](O[C@H]2C[C@@](C)(OC)[C@@H](O)[C@H](C)O2)[C@H](C)[C@@H](O[C@@H]2O[C@H](C)C[C@H](N(C)C)[C@H]2O)[C@](C)(O)C[C@@H](C)CN(C(=O)CCCCCCCCc2ccc([PH+](c3ccccc3)c3ccccc3)cc2)[C@H](C)[C@@H](O)[C@]1(C)O.F[P-](F)(F)(F)(F)F. The zero-order valence-electron chi connectivity index (χ0n) is 53.0. The van der Waals surface area contributed by atoms with E-state index < -0.39 is 118 Å². The van der Waals surface area contributed by atoms with Crippen LogP contribution in [0.25, 0.3) is 0 Å². The van der Waals surface area contributed by atoms with E-state index in [9.17, 15) is 60.3 Å². The number of ether oxygens (including phenoxy) is 6. The van der Waals surface area contributed by atoms with Crippen LogP contribution in [0, 0.1) is 17.8 Å². The minimum absolute atomic E-state index is 0.0712. The van der Waals surface area contributed by atoms with Gasteiger partial charge in [-0.05, 0) is 149 Å². The molecule has 0 radical (unpaired) electrons. The molecule has 496 valence electrons. The topological polar surface area (TPSA) is 197 Å². The van der Waals surface area contributed by atoms with Crippen LogP contribution in [0.5, 0.6) is 0 Å². The number of rotatable bonds is 19. The summed E-state index contributed by atoms with van der Waals surface area (Å²) in [5.74, 6) is -3.28. The minimum atomic E-state index is -10.7. The van der Waals surface area contributed by atoms with Crippen LogP contribution in [-0.4, -0.2) is 165 Å². The van der Waals surface area contributed by atoms with Crippen LogP contribution in [0.2, 0.25) is 0 Å². The fraction of sp³-hybridized carbons (Fsp3) is 0.688. The fourth-order valence-corrected chi connectivity index (χ4v) is 15.4. The summed E-state index contributed by atoms with van der Waals surface area (Å²) in [5, 5.41) is 64.5. The van der Waals surface area contributed by atoms with Crippen LogP contribution in [0.4, 0.5) is 25.2 Å². The van der Waals surface area contributed by atoms with Gasteiger partial charge in [0.05, 0.1) is 55.5 Å². The Labute approximate surface area is 512 Å². The van der Waals surface area contributed by atoms with E-state index in [1.807, 2.05) is 32.8 Å². The number of hydrogen-bond acceptors (Lipinski definition) is 14. The van der Waals surface area contributed by atoms with Crippen molar-refractivity contribution in [2.45, 2.75) is 237 Å². The first-order valence-corrected chi connectivity index (χ1v) is 34.3. The van der Waals surface area contributed by atoms with Gasteiger partial charge in [-0.1, -0.05) is 95.0 Å². The van der Waals surface area contributed by atoms with E-state index in [1.54, 1.807) is 53.4 Å². The van der Waals surface area contributed by atoms with Crippen LogP contribution in [0.1, 0.15) is 145 Å². The van der Waals surface area contributed by atoms with Crippen molar-refractivity contribution in [2.24, 2.45) is 17.8 Å². The molecular formula is C64H100F6N2O13P2. The van der Waals surface area contributed by atoms with Crippen LogP contribution >= 0.6 is 15.7 Å². The average molecular weight is 1280 g/mol. The zero-order chi connectivity index (χ0) is 65.1. The maximum atomic E-state index is 14.7. The molecule has 87 heavy (non-hydrogen) atoms. The summed E-state index contributed by atoms with van der Waals surface area (Å²) in [6.45, 7) is 17.4. The summed E-state index contributed by atoms with van der Waals surface area (Å²) in [6.07, 6.45) is -2.63. The van der Waals surface area contributed by atoms with Crippen molar-refractivity contribution in [3.63, 3.8) is 0 Å². The van der Waals surface area contributed by atoms with Gasteiger partial charge in [0.2, 0.25) is 5.91 Å². The van der Waals surface area contributed by atoms with Crippen LogP contribution < -0.4 is 15.9 Å². The molecule has 3 heterocycles. The Morgan fingerprint density at radius 2 is 1.28 bits per heavy atom. The predicted octanol–water partition coefficient (Wildman–Crippen LogP) is 10.6. The van der Waals surface area contributed by atoms with Gasteiger partial charge in [-0.3, -0.25) is 9.59 Å². The fourth-order valence-electron chi connectivity index (χ4n) is 12.8. The molecule has 3 aliphatic heterocycles. The Bertz CT molecular complexity index is 2550. The Hall–Kier alpha value is -3.40. The molecule has 3 aromatic rings. The monoisotopic (exact) mass is 1280 g/mol. The number of esters is 1. The Morgan fingerprint density at radius 3 is 1.80 bits per heavy atom. The molecule has 0 aromatic heterocycles. The summed E-state index contributed by atoms with van der Waals surface area (Å²) >= 11 is 0. The average Bonchev–Trinajstić information content (AvgIpc) is 2.33. The molecule has 0 spiro atoms. The number of likely N-dealkylation sites (N-methyl/N-ethyl adjacent to an activating group) is 1. The molecule has 3 aliphatic rings. The van der Waals surface area contributed by atoms with Gasteiger partial charge < -0.3 is 63.8 Å². The number of aryl methyl sites for hydroxylation is 1. The van der Waals surface area contributed by atoms with Crippen molar-refractivity contribution in [1.29, 1.82) is 0 Å². The van der Waals surface area contributed by atoms with E-state index in [0.29, 0.717) is 12.8 Å². The second kappa shape index (κ2) is 30.4. The van der Waals surface area contributed by atoms with Gasteiger partial charge in [-0.15, -0.1) is 0 Å². The molecule has 0 bridgehead atoms. The quantitative estimate of drug-likeness (QED) is 0.0329. The molecule has 6 rings (SSSR count). The molecular weight excluding hydrogens is 1180 g/mol. The summed E-state index contributed by atoms with van der Waals surface area (Å²) in [5.41, 5.74) is -3.46. The molecule has 3 aromatic carbocycles. The van der Waals surface area contributed by atoms with E-state index in [0.717, 1.165) is 38.5 Å². The third-order valence-corrected chi connectivity index (χ3v) is 20.4. The van der Waals surface area contributed by atoms with Crippen molar-refractivity contribution in [2.75, 3.05) is 27.7 Å². The molecule has 3 fully saturated rings. The Balaban J connectivity index is 0.00000185. The first-order valence-electron chi connectivity index (χ1n) is 30.7. The molecule has 0 saturated carbocycles. The van der Waals surface area contributed by atoms with Crippen molar-refractivity contribution >= 4 is 43.5 Å². The number of cyclic esters (lactones) is 1. The summed E-state index contributed by atoms with van der Waals surface area (Å²) in [7, 11) is -6.51. The predicted molar refractivity (Wildman–Crippen MR) is 329 cm³/mol. The molecule has 0 unspecified atom stereocenters. The number of unbranched alkanes of at least 4 members (excludes halogenated alkanes) is 5. The van der Waals surface area contributed by atoms with Gasteiger partial charge in [0, 0.05) is 38.5 Å². The molecule has 15 nitrogen and oxygen atoms in total. The summed E-state index contributed by atoms with van der Waals surface area (Å²) in [4.78, 5) is 32.8. The zero-order valence-corrected chi connectivity index (χ0v) is 54.9. The van der Waals surface area contributed by atoms with Gasteiger partial charge >= 0.3 is 39.0 Å². The number of carbonyl (C=O) groups is 2. The Kier molecular flexibility index (Phi) is 25.9. The number of amides is 1. The van der Waals surface area contributed by atoms with E-state index in [-0.39, 0.29) is 50.3 Å². The summed E-state index contributed by atoms with van der Waals surface area (Å²) < 4.78 is 97.4. The third-order valence-electron chi connectivity index (χ3n) is 17.7. The van der Waals surface area contributed by atoms with E-state index in [2.05, 4.69) is 84.9 Å². The van der Waals surface area contributed by atoms with Crippen LogP contribution in [-0.2, 0) is 44.4 Å². The van der Waals surface area contributed by atoms with Gasteiger partial charge in [-0.2, -0.15) is 0 Å². The first kappa shape index (κ1) is 74.3. The second-order valence-electron chi connectivity index (χ2n) is 25.7. The number of halogens is 6. The standard InChI is InChI=1S/C64H99N2O13P.F6P/c1-14-52-64(10,73)57(69)45(6)66(53(67)32-26-18-16-15-17-21-27-47-33-35-50(36-34-47)80(48-28-22-19-23-29-48)49-30-24-20-25-31-49)40-41(2)38-62(8,72)59(79-61-55(68)51(65(11)12)37-42(3)75-61)43(4)56(44(5)60(71)77-52)78-54-39-63(9,74-13)58(70)46(7)76-54;1-7(2,3,4,5)6/h19-20,22-25,28-31,33-36,41-46,51-52,54-59,61,68-70,72-73H,14-18,21,26-27,32,37-40H2,1-13H3;/q;-1/p+1/t41-,42-,43+,44-,45-,46+,51+,52-,54+,55-,56+,57-,58+,59-,61+,62-,63-,64-;/m1./s1. The third kappa shape index (κ3) is 21.9. The van der Waals surface area contributed by atoms with Gasteiger partial charge in [0.1, 0.15) is 45.9 Å². The Morgan fingerprint density at radius 1 is 0.747 bits per heavy atom. The van der Waals surface area contributed by atoms with Crippen LogP contribution in [0.15, 0.2) is 84.9 Å². The van der Waals surface area contributed by atoms with E-state index >= 15 is 0 Å². The van der Waals surface area contributed by atoms with Gasteiger partial charge in [-0.25, -0.2) is 0 Å². The molecule has 1 amide bonds. The normalized spacial score (nSPS) is 35.0. The van der Waals surface area contributed by atoms with Crippen molar-refractivity contribution < 1.29 is 88.7 Å². The van der Waals surface area contributed by atoms with Crippen molar-refractivity contribution in [3.8, 4) is 0 Å². The van der Waals surface area contributed by atoms with Crippen molar-refractivity contribution in [1.82, 2.24) is 9.80 Å². The number of aliphatic hydroxyl groups excluding tert-OH is 3. The van der Waals surface area contributed by atoms with Crippen molar-refractivity contribution in [3.05, 3.63) is 90.5 Å². The summed E-state index contributed by atoms with van der Waals surface area (Å²) in [6, 6.07) is 29.5. The van der Waals surface area contributed by atoms with Gasteiger partial charge in [0.15, 0.2) is 12.6 Å². The molecule has 3 saturated heterocycles. The molecule has 23 heteroatoms. The maximum absolute atomic E-state index is 14.7.